The van der Waals surface area contributed by atoms with Gasteiger partial charge < -0.3 is 29.5 Å². The third-order valence-corrected chi connectivity index (χ3v) is 6.41. The number of hydrogen-bond donors (Lipinski definition) is 2. The molecule has 0 unspecified atom stereocenters. The van der Waals surface area contributed by atoms with Crippen molar-refractivity contribution in [3.05, 3.63) is 47.5 Å². The van der Waals surface area contributed by atoms with Crippen molar-refractivity contribution in [1.29, 1.82) is 5.26 Å². The van der Waals surface area contributed by atoms with Gasteiger partial charge in [0, 0.05) is 38.2 Å². The highest BCUT2D eigenvalue weighted by molar-refractivity contribution is 6.02. The zero-order valence-electron chi connectivity index (χ0n) is 22.7. The lowest BCUT2D eigenvalue weighted by molar-refractivity contribution is -0.145. The number of carboxylic acids is 1. The predicted molar refractivity (Wildman–Crippen MR) is 151 cm³/mol. The first-order chi connectivity index (χ1) is 19.5. The van der Waals surface area contributed by atoms with Gasteiger partial charge in [-0.2, -0.15) is 5.26 Å². The number of anilines is 1. The fourth-order valence-electron chi connectivity index (χ4n) is 4.33. The van der Waals surface area contributed by atoms with Crippen molar-refractivity contribution in [2.45, 2.75) is 38.5 Å². The number of hydrogen-bond acceptors (Lipinski definition) is 8. The van der Waals surface area contributed by atoms with Gasteiger partial charge in [-0.15, -0.1) is 0 Å². The van der Waals surface area contributed by atoms with Crippen molar-refractivity contribution < 1.29 is 33.7 Å². The molecule has 214 valence electrons. The fraction of sp³-hybridized carbons (Fsp3) is 0.467. The second kappa shape index (κ2) is 16.9. The van der Waals surface area contributed by atoms with Crippen LogP contribution in [0.1, 0.15) is 44.1 Å². The van der Waals surface area contributed by atoms with Gasteiger partial charge in [-0.05, 0) is 66.3 Å². The Balaban J connectivity index is 1.32. The summed E-state index contributed by atoms with van der Waals surface area (Å²) in [6, 6.07) is 14.3. The number of amides is 1. The molecule has 40 heavy (non-hydrogen) atoms. The lowest BCUT2D eigenvalue weighted by Gasteiger charge is -2.29. The van der Waals surface area contributed by atoms with E-state index in [1.54, 1.807) is 6.08 Å². The van der Waals surface area contributed by atoms with Gasteiger partial charge in [-0.1, -0.05) is 18.2 Å². The Morgan fingerprint density at radius 3 is 2.38 bits per heavy atom. The van der Waals surface area contributed by atoms with E-state index in [1.807, 2.05) is 24.3 Å². The average Bonchev–Trinajstić information content (AvgIpc) is 2.96. The van der Waals surface area contributed by atoms with Gasteiger partial charge in [-0.3, -0.25) is 14.4 Å². The Kier molecular flexibility index (Phi) is 12.9. The number of fused-ring (bicyclic) bond motifs is 1. The van der Waals surface area contributed by atoms with Crippen molar-refractivity contribution in [3.63, 3.8) is 0 Å². The molecule has 0 aromatic heterocycles. The number of carboxylic acid groups (broad SMARTS) is 1. The smallest absolute Gasteiger partial charge is 0.305 e. The minimum absolute atomic E-state index is 0.0186. The van der Waals surface area contributed by atoms with Crippen molar-refractivity contribution in [3.8, 4) is 6.07 Å². The summed E-state index contributed by atoms with van der Waals surface area (Å²) in [6.07, 6.45) is 5.56. The number of nitrogens with one attached hydrogen (secondary N) is 1. The summed E-state index contributed by atoms with van der Waals surface area (Å²) in [7, 11) is 0. The quantitative estimate of drug-likeness (QED) is 0.138. The average molecular weight is 552 g/mol. The van der Waals surface area contributed by atoms with Crippen molar-refractivity contribution >= 4 is 40.4 Å². The Hall–Kier alpha value is -3.94. The van der Waals surface area contributed by atoms with E-state index in [4.69, 9.17) is 19.3 Å². The normalized spacial score (nSPS) is 13.6. The maximum atomic E-state index is 12.5. The second-order valence-corrected chi connectivity index (χ2v) is 9.46. The minimum Gasteiger partial charge on any atom is -0.481 e. The Morgan fingerprint density at radius 1 is 0.925 bits per heavy atom. The molecule has 0 spiro atoms. The van der Waals surface area contributed by atoms with E-state index in [-0.39, 0.29) is 57.8 Å². The first-order valence-corrected chi connectivity index (χ1v) is 13.7. The standard InChI is InChI=1S/C30H37N3O7/c31-22-26(20-23-7-8-25-21-27(10-9-24(25)19-23)33-12-2-1-3-13-33)30(37)32-11-14-38-15-16-39-17-18-40-29(36)6-4-5-28(34)35/h7-10,19-21H,1-6,11-18H2,(H,32,37)(H,34,35)/b26-20+. The van der Waals surface area contributed by atoms with Gasteiger partial charge in [0.2, 0.25) is 0 Å². The molecule has 1 saturated heterocycles. The molecule has 0 aliphatic carbocycles. The van der Waals surface area contributed by atoms with E-state index in [9.17, 15) is 19.6 Å². The van der Waals surface area contributed by atoms with Crippen LogP contribution in [0.4, 0.5) is 5.69 Å². The number of benzene rings is 2. The summed E-state index contributed by atoms with van der Waals surface area (Å²) < 4.78 is 15.7. The summed E-state index contributed by atoms with van der Waals surface area (Å²) in [5, 5.41) is 22.9. The summed E-state index contributed by atoms with van der Waals surface area (Å²) >= 11 is 0. The lowest BCUT2D eigenvalue weighted by atomic mass is 10.0. The first-order valence-electron chi connectivity index (χ1n) is 13.7. The Bertz CT molecular complexity index is 1220. The van der Waals surface area contributed by atoms with E-state index in [0.29, 0.717) is 6.61 Å². The summed E-state index contributed by atoms with van der Waals surface area (Å²) in [5.74, 6) is -1.86. The molecule has 3 rings (SSSR count). The molecule has 0 radical (unpaired) electrons. The molecule has 2 aromatic rings. The fourth-order valence-corrected chi connectivity index (χ4v) is 4.33. The van der Waals surface area contributed by atoms with E-state index >= 15 is 0 Å². The number of nitrogens with zero attached hydrogens (tertiary/aromatic N) is 2. The number of carbonyl (C=O) groups is 3. The molecule has 2 N–H and O–H groups in total. The highest BCUT2D eigenvalue weighted by Gasteiger charge is 2.12. The van der Waals surface area contributed by atoms with Crippen molar-refractivity contribution in [2.75, 3.05) is 57.6 Å². The van der Waals surface area contributed by atoms with Crippen LogP contribution < -0.4 is 10.2 Å². The van der Waals surface area contributed by atoms with Gasteiger partial charge in [0.15, 0.2) is 0 Å². The number of esters is 1. The SMILES string of the molecule is N#C/C(=C\c1ccc2cc(N3CCCCC3)ccc2c1)C(=O)NCCOCCOCCOC(=O)CCCC(=O)O. The molecule has 1 aliphatic rings. The van der Waals surface area contributed by atoms with E-state index < -0.39 is 17.8 Å². The number of ether oxygens (including phenoxy) is 3. The molecule has 10 nitrogen and oxygen atoms in total. The molecule has 10 heteroatoms. The van der Waals surface area contributed by atoms with Crippen LogP contribution >= 0.6 is 0 Å². The summed E-state index contributed by atoms with van der Waals surface area (Å²) in [5.41, 5.74) is 2.03. The Labute approximate surface area is 234 Å². The van der Waals surface area contributed by atoms with Gasteiger partial charge >= 0.3 is 11.9 Å². The maximum Gasteiger partial charge on any atom is 0.305 e. The molecule has 1 amide bonds. The number of aliphatic carboxylic acids is 1. The topological polar surface area (TPSA) is 138 Å². The van der Waals surface area contributed by atoms with Crippen molar-refractivity contribution in [2.24, 2.45) is 0 Å². The molecule has 0 bridgehead atoms. The van der Waals surface area contributed by atoms with Crippen LogP contribution in [0.5, 0.6) is 0 Å². The number of piperidine rings is 1. The predicted octanol–water partition coefficient (Wildman–Crippen LogP) is 3.68. The van der Waals surface area contributed by atoms with Gasteiger partial charge in [0.25, 0.3) is 5.91 Å². The monoisotopic (exact) mass is 551 g/mol. The van der Waals surface area contributed by atoms with Gasteiger partial charge in [0.05, 0.1) is 26.4 Å². The third-order valence-electron chi connectivity index (χ3n) is 6.41. The number of carbonyl (C=O) groups excluding carboxylic acids is 2. The zero-order valence-corrected chi connectivity index (χ0v) is 22.7. The molecular weight excluding hydrogens is 514 g/mol. The highest BCUT2D eigenvalue weighted by atomic mass is 16.6. The van der Waals surface area contributed by atoms with Crippen LogP contribution in [-0.4, -0.2) is 75.6 Å². The maximum absolute atomic E-state index is 12.5. The summed E-state index contributed by atoms with van der Waals surface area (Å²) in [4.78, 5) is 36.7. The Morgan fingerprint density at radius 2 is 1.62 bits per heavy atom. The van der Waals surface area contributed by atoms with Crippen LogP contribution in [-0.2, 0) is 28.6 Å². The molecule has 0 saturated carbocycles. The largest absolute Gasteiger partial charge is 0.481 e. The van der Waals surface area contributed by atoms with Gasteiger partial charge in [0.1, 0.15) is 18.2 Å². The summed E-state index contributed by atoms with van der Waals surface area (Å²) in [6.45, 7) is 3.53. The van der Waals surface area contributed by atoms with Crippen LogP contribution in [0.15, 0.2) is 42.0 Å². The molecule has 0 atom stereocenters. The molecule has 2 aromatic carbocycles. The van der Waals surface area contributed by atoms with Crippen LogP contribution in [0.2, 0.25) is 0 Å². The molecular formula is C30H37N3O7. The van der Waals surface area contributed by atoms with Crippen LogP contribution in [0.25, 0.3) is 16.8 Å². The van der Waals surface area contributed by atoms with Gasteiger partial charge in [-0.25, -0.2) is 0 Å². The van der Waals surface area contributed by atoms with Crippen LogP contribution in [0, 0.1) is 11.3 Å². The molecule has 1 heterocycles. The van der Waals surface area contributed by atoms with E-state index in [1.165, 1.54) is 24.9 Å². The first kappa shape index (κ1) is 30.6. The number of rotatable bonds is 16. The van der Waals surface area contributed by atoms with Crippen molar-refractivity contribution in [1.82, 2.24) is 5.32 Å². The minimum atomic E-state index is -0.944. The number of nitriles is 1. The zero-order chi connectivity index (χ0) is 28.6. The van der Waals surface area contributed by atoms with E-state index in [2.05, 4.69) is 28.4 Å². The van der Waals surface area contributed by atoms with E-state index in [0.717, 1.165) is 29.4 Å². The third kappa shape index (κ3) is 10.7. The highest BCUT2D eigenvalue weighted by Crippen LogP contribution is 2.26. The second-order valence-electron chi connectivity index (χ2n) is 9.46. The van der Waals surface area contributed by atoms with Crippen LogP contribution in [0.3, 0.4) is 0 Å². The lowest BCUT2D eigenvalue weighted by Crippen LogP contribution is -2.29. The molecule has 1 fully saturated rings. The molecule has 1 aliphatic heterocycles.